The summed E-state index contributed by atoms with van der Waals surface area (Å²) in [5.74, 6) is 0.0311. The fourth-order valence-electron chi connectivity index (χ4n) is 3.64. The van der Waals surface area contributed by atoms with E-state index < -0.39 is 20.0 Å². The summed E-state index contributed by atoms with van der Waals surface area (Å²) in [5.41, 5.74) is 2.04. The molecule has 1 heterocycles. The molecular formula is C23H23N3O5S2. The van der Waals surface area contributed by atoms with Crippen molar-refractivity contribution in [3.8, 4) is 0 Å². The van der Waals surface area contributed by atoms with Gasteiger partial charge in [0.05, 0.1) is 9.79 Å². The van der Waals surface area contributed by atoms with Crippen LogP contribution in [0.3, 0.4) is 0 Å². The SMILES string of the molecule is Cc1cc(S(=O)(=O)Nc2ccc(S(=O)(=O)Nc3ccccc3)cc2)ccc1N1CCCC1=O. The van der Waals surface area contributed by atoms with Gasteiger partial charge in [-0.2, -0.15) is 0 Å². The van der Waals surface area contributed by atoms with Crippen molar-refractivity contribution in [1.82, 2.24) is 0 Å². The van der Waals surface area contributed by atoms with E-state index in [1.165, 1.54) is 36.4 Å². The van der Waals surface area contributed by atoms with Crippen molar-refractivity contribution in [3.63, 3.8) is 0 Å². The molecule has 10 heteroatoms. The summed E-state index contributed by atoms with van der Waals surface area (Å²) >= 11 is 0. The van der Waals surface area contributed by atoms with Gasteiger partial charge in [0.25, 0.3) is 20.0 Å². The van der Waals surface area contributed by atoms with E-state index in [1.807, 2.05) is 0 Å². The highest BCUT2D eigenvalue weighted by Gasteiger charge is 2.24. The highest BCUT2D eigenvalue weighted by atomic mass is 32.2. The average Bonchev–Trinajstić information content (AvgIpc) is 3.20. The van der Waals surface area contributed by atoms with Crippen molar-refractivity contribution >= 4 is 43.0 Å². The number of para-hydroxylation sites is 1. The number of nitrogens with one attached hydrogen (secondary N) is 2. The van der Waals surface area contributed by atoms with Crippen LogP contribution in [0.15, 0.2) is 82.6 Å². The molecule has 0 unspecified atom stereocenters. The standard InChI is InChI=1S/C23H23N3O5S2/c1-17-16-21(13-14-22(17)26-15-5-8-23(26)27)33(30,31)25-19-9-11-20(12-10-19)32(28,29)24-18-6-3-2-4-7-18/h2-4,6-7,9-14,16,24-25H,5,8,15H2,1H3. The molecule has 2 N–H and O–H groups in total. The third-order valence-electron chi connectivity index (χ3n) is 5.29. The fraction of sp³-hybridized carbons (Fsp3) is 0.174. The summed E-state index contributed by atoms with van der Waals surface area (Å²) in [4.78, 5) is 13.7. The molecule has 0 spiro atoms. The Bertz CT molecular complexity index is 1390. The predicted molar refractivity (Wildman–Crippen MR) is 127 cm³/mol. The monoisotopic (exact) mass is 485 g/mol. The second kappa shape index (κ2) is 8.87. The van der Waals surface area contributed by atoms with E-state index in [0.29, 0.717) is 29.9 Å². The molecule has 4 rings (SSSR count). The first-order chi connectivity index (χ1) is 15.7. The van der Waals surface area contributed by atoms with Gasteiger partial charge in [-0.1, -0.05) is 18.2 Å². The number of anilines is 3. The molecule has 0 aliphatic carbocycles. The van der Waals surface area contributed by atoms with Crippen LogP contribution in [0, 0.1) is 6.92 Å². The molecular weight excluding hydrogens is 462 g/mol. The van der Waals surface area contributed by atoms with E-state index in [2.05, 4.69) is 9.44 Å². The third-order valence-corrected chi connectivity index (χ3v) is 8.06. The van der Waals surface area contributed by atoms with Gasteiger partial charge >= 0.3 is 0 Å². The van der Waals surface area contributed by atoms with Crippen molar-refractivity contribution in [2.24, 2.45) is 0 Å². The normalized spacial score (nSPS) is 14.3. The van der Waals surface area contributed by atoms with Crippen molar-refractivity contribution < 1.29 is 21.6 Å². The summed E-state index contributed by atoms with van der Waals surface area (Å²) in [5, 5.41) is 0. The quantitative estimate of drug-likeness (QED) is 0.530. The third kappa shape index (κ3) is 5.01. The average molecular weight is 486 g/mol. The summed E-state index contributed by atoms with van der Waals surface area (Å²) in [6, 6.07) is 18.5. The Morgan fingerprint density at radius 2 is 1.33 bits per heavy atom. The van der Waals surface area contributed by atoms with Gasteiger partial charge in [0.15, 0.2) is 0 Å². The summed E-state index contributed by atoms with van der Waals surface area (Å²) < 4.78 is 55.7. The molecule has 3 aromatic carbocycles. The molecule has 0 radical (unpaired) electrons. The first-order valence-electron chi connectivity index (χ1n) is 10.3. The molecule has 1 aliphatic rings. The number of aryl methyl sites for hydroxylation is 1. The summed E-state index contributed by atoms with van der Waals surface area (Å²) in [6.07, 6.45) is 1.28. The van der Waals surface area contributed by atoms with Crippen LogP contribution in [0.4, 0.5) is 17.1 Å². The number of benzene rings is 3. The Labute approximate surface area is 193 Å². The first-order valence-corrected chi connectivity index (χ1v) is 13.2. The van der Waals surface area contributed by atoms with Crippen LogP contribution in [0.1, 0.15) is 18.4 Å². The lowest BCUT2D eigenvalue weighted by Gasteiger charge is -2.19. The molecule has 0 bridgehead atoms. The molecule has 33 heavy (non-hydrogen) atoms. The molecule has 172 valence electrons. The molecule has 3 aromatic rings. The summed E-state index contributed by atoms with van der Waals surface area (Å²) in [6.45, 7) is 2.39. The van der Waals surface area contributed by atoms with Gasteiger partial charge in [-0.15, -0.1) is 0 Å². The van der Waals surface area contributed by atoms with Gasteiger partial charge in [-0.25, -0.2) is 16.8 Å². The van der Waals surface area contributed by atoms with Crippen LogP contribution in [0.25, 0.3) is 0 Å². The van der Waals surface area contributed by atoms with Crippen molar-refractivity contribution in [3.05, 3.63) is 78.4 Å². The van der Waals surface area contributed by atoms with Crippen molar-refractivity contribution in [1.29, 1.82) is 0 Å². The van der Waals surface area contributed by atoms with E-state index in [0.717, 1.165) is 6.42 Å². The highest BCUT2D eigenvalue weighted by molar-refractivity contribution is 7.93. The Morgan fingerprint density at radius 1 is 0.758 bits per heavy atom. The number of sulfonamides is 2. The van der Waals surface area contributed by atoms with Crippen LogP contribution < -0.4 is 14.3 Å². The molecule has 0 aromatic heterocycles. The Hall–Kier alpha value is -3.37. The van der Waals surface area contributed by atoms with Gasteiger partial charge in [0, 0.05) is 30.0 Å². The number of carbonyl (C=O) groups excluding carboxylic acids is 1. The van der Waals surface area contributed by atoms with Crippen molar-refractivity contribution in [2.45, 2.75) is 29.6 Å². The maximum Gasteiger partial charge on any atom is 0.261 e. The molecule has 8 nitrogen and oxygen atoms in total. The zero-order valence-electron chi connectivity index (χ0n) is 17.9. The second-order valence-electron chi connectivity index (χ2n) is 7.70. The lowest BCUT2D eigenvalue weighted by molar-refractivity contribution is -0.117. The van der Waals surface area contributed by atoms with E-state index >= 15 is 0 Å². The second-order valence-corrected chi connectivity index (χ2v) is 11.1. The number of hydrogen-bond donors (Lipinski definition) is 2. The molecule has 1 amide bonds. The van der Waals surface area contributed by atoms with Gasteiger partial charge in [-0.05, 0) is 73.5 Å². The largest absolute Gasteiger partial charge is 0.312 e. The molecule has 1 fully saturated rings. The Balaban J connectivity index is 1.50. The lowest BCUT2D eigenvalue weighted by atomic mass is 10.2. The Morgan fingerprint density at radius 3 is 1.91 bits per heavy atom. The van der Waals surface area contributed by atoms with E-state index in [9.17, 15) is 21.6 Å². The smallest absolute Gasteiger partial charge is 0.261 e. The van der Waals surface area contributed by atoms with Crippen LogP contribution in [0.2, 0.25) is 0 Å². The van der Waals surface area contributed by atoms with Crippen molar-refractivity contribution in [2.75, 3.05) is 20.9 Å². The number of rotatable bonds is 7. The Kier molecular flexibility index (Phi) is 6.13. The highest BCUT2D eigenvalue weighted by Crippen LogP contribution is 2.28. The first kappa shape index (κ1) is 22.8. The number of carbonyl (C=O) groups is 1. The van der Waals surface area contributed by atoms with Gasteiger partial charge in [-0.3, -0.25) is 14.2 Å². The predicted octanol–water partition coefficient (Wildman–Crippen LogP) is 3.72. The number of amides is 1. The van der Waals surface area contributed by atoms with E-state index in [1.54, 1.807) is 48.2 Å². The van der Waals surface area contributed by atoms with E-state index in [4.69, 9.17) is 0 Å². The van der Waals surface area contributed by atoms with Crippen LogP contribution >= 0.6 is 0 Å². The van der Waals surface area contributed by atoms with Crippen LogP contribution in [-0.4, -0.2) is 29.3 Å². The minimum atomic E-state index is -3.91. The molecule has 1 aliphatic heterocycles. The molecule has 0 saturated carbocycles. The zero-order chi connectivity index (χ0) is 23.6. The molecule has 1 saturated heterocycles. The lowest BCUT2D eigenvalue weighted by Crippen LogP contribution is -2.24. The maximum absolute atomic E-state index is 12.9. The number of hydrogen-bond acceptors (Lipinski definition) is 5. The maximum atomic E-state index is 12.9. The van der Waals surface area contributed by atoms with Gasteiger partial charge < -0.3 is 4.90 Å². The van der Waals surface area contributed by atoms with Crippen LogP contribution in [-0.2, 0) is 24.8 Å². The summed E-state index contributed by atoms with van der Waals surface area (Å²) in [7, 11) is -7.71. The van der Waals surface area contributed by atoms with E-state index in [-0.39, 0.29) is 21.4 Å². The van der Waals surface area contributed by atoms with Gasteiger partial charge in [0.2, 0.25) is 5.91 Å². The van der Waals surface area contributed by atoms with Gasteiger partial charge in [0.1, 0.15) is 0 Å². The minimum Gasteiger partial charge on any atom is -0.312 e. The zero-order valence-corrected chi connectivity index (χ0v) is 19.5. The topological polar surface area (TPSA) is 113 Å². The minimum absolute atomic E-state index is 0.00442. The number of nitrogens with zero attached hydrogens (tertiary/aromatic N) is 1. The molecule has 0 atom stereocenters. The van der Waals surface area contributed by atoms with Crippen LogP contribution in [0.5, 0.6) is 0 Å². The fourth-order valence-corrected chi connectivity index (χ4v) is 5.84.